The molecule has 6 nitrogen and oxygen atoms in total. The topological polar surface area (TPSA) is 77.7 Å². The van der Waals surface area contributed by atoms with Gasteiger partial charge in [0.05, 0.1) is 36.1 Å². The molecule has 0 saturated carbocycles. The molecule has 3 rings (SSSR count). The van der Waals surface area contributed by atoms with Gasteiger partial charge in [-0.2, -0.15) is 18.3 Å². The lowest BCUT2D eigenvalue weighted by atomic mass is 10.1. The molecule has 0 bridgehead atoms. The van der Waals surface area contributed by atoms with Crippen molar-refractivity contribution >= 4 is 5.91 Å². The first kappa shape index (κ1) is 14.6. The van der Waals surface area contributed by atoms with Crippen molar-refractivity contribution in [3.63, 3.8) is 0 Å². The fraction of sp³-hybridized carbons (Fsp3) is 0.462. The van der Waals surface area contributed by atoms with Crippen molar-refractivity contribution in [1.82, 2.24) is 25.1 Å². The summed E-state index contributed by atoms with van der Waals surface area (Å²) in [5, 5.41) is 6.52. The Morgan fingerprint density at radius 2 is 2.23 bits per heavy atom. The van der Waals surface area contributed by atoms with Gasteiger partial charge in [-0.3, -0.25) is 9.89 Å². The van der Waals surface area contributed by atoms with E-state index in [0.717, 1.165) is 17.0 Å². The highest BCUT2D eigenvalue weighted by Crippen LogP contribution is 2.25. The summed E-state index contributed by atoms with van der Waals surface area (Å²) in [6, 6.07) is 0. The number of halogens is 3. The molecule has 1 aliphatic heterocycles. The van der Waals surface area contributed by atoms with E-state index in [-0.39, 0.29) is 6.54 Å². The number of hydrogen-bond donors (Lipinski definition) is 2. The van der Waals surface area contributed by atoms with Crippen LogP contribution in [0.15, 0.2) is 12.4 Å². The van der Waals surface area contributed by atoms with Crippen molar-refractivity contribution in [2.75, 3.05) is 6.54 Å². The van der Waals surface area contributed by atoms with Gasteiger partial charge < -0.3 is 9.88 Å². The maximum Gasteiger partial charge on any atom is 0.389 e. The molecule has 1 aliphatic rings. The summed E-state index contributed by atoms with van der Waals surface area (Å²) in [7, 11) is 0. The van der Waals surface area contributed by atoms with Gasteiger partial charge in [0, 0.05) is 25.6 Å². The summed E-state index contributed by atoms with van der Waals surface area (Å²) in [6.45, 7) is 0.649. The largest absolute Gasteiger partial charge is 0.389 e. The van der Waals surface area contributed by atoms with E-state index in [4.69, 9.17) is 0 Å². The zero-order valence-corrected chi connectivity index (χ0v) is 11.6. The molecule has 2 aromatic heterocycles. The smallest absolute Gasteiger partial charge is 0.340 e. The third-order valence-electron chi connectivity index (χ3n) is 3.58. The molecule has 9 heteroatoms. The highest BCUT2D eigenvalue weighted by molar-refractivity contribution is 5.76. The Hall–Kier alpha value is -2.32. The molecule has 2 aromatic rings. The minimum Gasteiger partial charge on any atom is -0.340 e. The number of fused-ring (bicyclic) bond motifs is 1. The first-order valence-corrected chi connectivity index (χ1v) is 6.84. The number of nitrogens with zero attached hydrogens (tertiary/aromatic N) is 3. The molecule has 0 spiro atoms. The van der Waals surface area contributed by atoms with E-state index >= 15 is 0 Å². The summed E-state index contributed by atoms with van der Waals surface area (Å²) in [5.41, 5.74) is 2.41. The van der Waals surface area contributed by atoms with Crippen molar-refractivity contribution < 1.29 is 18.0 Å². The predicted molar refractivity (Wildman–Crippen MR) is 70.6 cm³/mol. The predicted octanol–water partition coefficient (Wildman–Crippen LogP) is 2.03. The molecular weight excluding hydrogens is 299 g/mol. The molecule has 2 N–H and O–H groups in total. The Morgan fingerprint density at radius 1 is 1.41 bits per heavy atom. The first-order valence-electron chi connectivity index (χ1n) is 6.84. The third kappa shape index (κ3) is 3.12. The van der Waals surface area contributed by atoms with Crippen LogP contribution in [0.3, 0.4) is 0 Å². The first-order chi connectivity index (χ1) is 10.4. The normalized spacial score (nSPS) is 15.0. The van der Waals surface area contributed by atoms with Crippen LogP contribution in [0.25, 0.3) is 11.4 Å². The van der Waals surface area contributed by atoms with Crippen LogP contribution >= 0.6 is 0 Å². The molecule has 0 aliphatic carbocycles. The lowest BCUT2D eigenvalue weighted by molar-refractivity contribution is -0.149. The molecule has 0 atom stereocenters. The average molecular weight is 313 g/mol. The fourth-order valence-corrected chi connectivity index (χ4v) is 2.43. The van der Waals surface area contributed by atoms with Crippen LogP contribution in [-0.2, 0) is 17.8 Å². The number of carbonyl (C=O) groups is 1. The monoisotopic (exact) mass is 313 g/mol. The standard InChI is InChI=1S/C13H14F3N5O/c14-13(15,16)3-1-11(22)21-4-2-9-10(7-21)20-12(19-9)8-5-17-18-6-8/h5-6H,1-4,7H2,(H,17,18)(H,19,20). The number of hydrogen-bond acceptors (Lipinski definition) is 3. The Labute approximate surface area is 123 Å². The molecule has 0 radical (unpaired) electrons. The van der Waals surface area contributed by atoms with Gasteiger partial charge in [0.25, 0.3) is 0 Å². The number of alkyl halides is 3. The Balaban J connectivity index is 1.67. The highest BCUT2D eigenvalue weighted by atomic mass is 19.4. The van der Waals surface area contributed by atoms with Crippen LogP contribution in [0.2, 0.25) is 0 Å². The van der Waals surface area contributed by atoms with Crippen molar-refractivity contribution in [2.45, 2.75) is 32.0 Å². The number of aromatic nitrogens is 4. The molecule has 0 unspecified atom stereocenters. The maximum atomic E-state index is 12.2. The minimum atomic E-state index is -4.31. The van der Waals surface area contributed by atoms with E-state index < -0.39 is 24.9 Å². The zero-order chi connectivity index (χ0) is 15.7. The Bertz CT molecular complexity index is 662. The maximum absolute atomic E-state index is 12.2. The van der Waals surface area contributed by atoms with E-state index in [2.05, 4.69) is 20.2 Å². The van der Waals surface area contributed by atoms with E-state index in [1.54, 1.807) is 12.4 Å². The molecular formula is C13H14F3N5O. The molecule has 22 heavy (non-hydrogen) atoms. The number of nitrogens with one attached hydrogen (secondary N) is 2. The van der Waals surface area contributed by atoms with Crippen LogP contribution in [0, 0.1) is 0 Å². The lowest BCUT2D eigenvalue weighted by Crippen LogP contribution is -2.36. The van der Waals surface area contributed by atoms with Gasteiger partial charge in [-0.05, 0) is 0 Å². The fourth-order valence-electron chi connectivity index (χ4n) is 2.43. The second-order valence-corrected chi connectivity index (χ2v) is 5.18. The molecule has 0 aromatic carbocycles. The Morgan fingerprint density at radius 3 is 2.91 bits per heavy atom. The number of rotatable bonds is 3. The molecule has 3 heterocycles. The number of amides is 1. The molecule has 0 fully saturated rings. The van der Waals surface area contributed by atoms with Crippen LogP contribution in [0.1, 0.15) is 24.2 Å². The SMILES string of the molecule is O=C(CCC(F)(F)F)N1CCc2nc(-c3cn[nH]c3)[nH]c2C1. The van der Waals surface area contributed by atoms with Gasteiger partial charge in [-0.25, -0.2) is 4.98 Å². The minimum absolute atomic E-state index is 0.261. The van der Waals surface area contributed by atoms with Gasteiger partial charge in [0.2, 0.25) is 5.91 Å². The van der Waals surface area contributed by atoms with Crippen molar-refractivity contribution in [3.05, 3.63) is 23.8 Å². The van der Waals surface area contributed by atoms with Crippen molar-refractivity contribution in [2.24, 2.45) is 0 Å². The second kappa shape index (κ2) is 5.47. The summed E-state index contributed by atoms with van der Waals surface area (Å²) in [4.78, 5) is 20.8. The average Bonchev–Trinajstić information content (AvgIpc) is 3.11. The Kier molecular flexibility index (Phi) is 3.63. The van der Waals surface area contributed by atoms with E-state index in [9.17, 15) is 18.0 Å². The number of H-pyrrole nitrogens is 2. The second-order valence-electron chi connectivity index (χ2n) is 5.18. The lowest BCUT2D eigenvalue weighted by Gasteiger charge is -2.26. The van der Waals surface area contributed by atoms with Crippen molar-refractivity contribution in [1.29, 1.82) is 0 Å². The zero-order valence-electron chi connectivity index (χ0n) is 11.6. The summed E-state index contributed by atoms with van der Waals surface area (Å²) in [6.07, 6.45) is -2.06. The van der Waals surface area contributed by atoms with Crippen LogP contribution in [-0.4, -0.2) is 43.7 Å². The van der Waals surface area contributed by atoms with Gasteiger partial charge in [0.15, 0.2) is 0 Å². The van der Waals surface area contributed by atoms with Gasteiger partial charge in [0.1, 0.15) is 5.82 Å². The third-order valence-corrected chi connectivity index (χ3v) is 3.58. The van der Waals surface area contributed by atoms with Crippen LogP contribution in [0.5, 0.6) is 0 Å². The molecule has 1 amide bonds. The van der Waals surface area contributed by atoms with Crippen LogP contribution in [0.4, 0.5) is 13.2 Å². The van der Waals surface area contributed by atoms with E-state index in [0.29, 0.717) is 18.8 Å². The number of carbonyl (C=O) groups excluding carboxylic acids is 1. The van der Waals surface area contributed by atoms with Gasteiger partial charge in [-0.1, -0.05) is 0 Å². The summed E-state index contributed by atoms with van der Waals surface area (Å²) >= 11 is 0. The van der Waals surface area contributed by atoms with Crippen molar-refractivity contribution in [3.8, 4) is 11.4 Å². The van der Waals surface area contributed by atoms with Gasteiger partial charge >= 0.3 is 6.18 Å². The van der Waals surface area contributed by atoms with E-state index in [1.165, 1.54) is 4.90 Å². The quantitative estimate of drug-likeness (QED) is 0.910. The van der Waals surface area contributed by atoms with E-state index in [1.807, 2.05) is 0 Å². The highest BCUT2D eigenvalue weighted by Gasteiger charge is 2.30. The summed E-state index contributed by atoms with van der Waals surface area (Å²) < 4.78 is 36.6. The van der Waals surface area contributed by atoms with Crippen LogP contribution < -0.4 is 0 Å². The molecule has 118 valence electrons. The van der Waals surface area contributed by atoms with Gasteiger partial charge in [-0.15, -0.1) is 0 Å². The molecule has 0 saturated heterocycles. The number of imidazole rings is 1. The number of aromatic amines is 2. The summed E-state index contributed by atoms with van der Waals surface area (Å²) in [5.74, 6) is 0.158.